The van der Waals surface area contributed by atoms with E-state index in [1.165, 1.54) is 0 Å². The number of carbonyl (C=O) groups is 1. The molecule has 0 spiro atoms. The fourth-order valence-electron chi connectivity index (χ4n) is 0.0390. The van der Waals surface area contributed by atoms with E-state index in [2.05, 4.69) is 0 Å². The third-order valence-corrected chi connectivity index (χ3v) is 1.05. The highest BCUT2D eigenvalue weighted by Crippen LogP contribution is 1.79. The lowest BCUT2D eigenvalue weighted by atomic mass is 11.6. The second-order valence-corrected chi connectivity index (χ2v) is 2.40. The lowest BCUT2D eigenvalue weighted by Gasteiger charge is -1.88. The monoisotopic (exact) mass is 141 g/mol. The van der Waals surface area contributed by atoms with E-state index in [0.29, 0.717) is 4.89 Å². The van der Waals surface area contributed by atoms with Crippen molar-refractivity contribution < 1.29 is 23.5 Å². The van der Waals surface area contributed by atoms with E-state index in [0.717, 1.165) is 0 Å². The molecule has 8 heavy (non-hydrogen) atoms. The Labute approximate surface area is 44.8 Å². The van der Waals surface area contributed by atoms with Gasteiger partial charge < -0.3 is 10.3 Å². The SMILES string of the molecule is O=C(O)S(=O)(=O)NO. The Morgan fingerprint density at radius 2 is 1.88 bits per heavy atom. The Kier molecular flexibility index (Phi) is 1.90. The van der Waals surface area contributed by atoms with Gasteiger partial charge in [0.05, 0.1) is 0 Å². The normalized spacial score (nSPS) is 11.1. The van der Waals surface area contributed by atoms with Crippen molar-refractivity contribution in [2.24, 2.45) is 0 Å². The first-order chi connectivity index (χ1) is 3.50. The number of hydrogen-bond donors (Lipinski definition) is 3. The van der Waals surface area contributed by atoms with E-state index in [4.69, 9.17) is 10.3 Å². The molecule has 0 heterocycles. The Morgan fingerprint density at radius 1 is 1.50 bits per heavy atom. The number of hydrogen-bond acceptors (Lipinski definition) is 4. The van der Waals surface area contributed by atoms with E-state index < -0.39 is 15.3 Å². The van der Waals surface area contributed by atoms with Crippen molar-refractivity contribution in [2.45, 2.75) is 0 Å². The van der Waals surface area contributed by atoms with Gasteiger partial charge in [-0.1, -0.05) is 4.89 Å². The maximum absolute atomic E-state index is 9.74. The molecular formula is CH3NO5S. The lowest BCUT2D eigenvalue weighted by molar-refractivity contribution is 0.209. The Bertz CT molecular complexity index is 179. The number of carboxylic acid groups (broad SMARTS) is 1. The van der Waals surface area contributed by atoms with Crippen molar-refractivity contribution in [1.29, 1.82) is 0 Å². The number of rotatable bonds is 1. The Morgan fingerprint density at radius 3 is 1.88 bits per heavy atom. The molecule has 0 bridgehead atoms. The predicted molar refractivity (Wildman–Crippen MR) is 21.9 cm³/mol. The van der Waals surface area contributed by atoms with E-state index in [-0.39, 0.29) is 0 Å². The minimum atomic E-state index is -4.51. The fraction of sp³-hybridized carbons (Fsp3) is 0. The van der Waals surface area contributed by atoms with Crippen LogP contribution in [0.15, 0.2) is 0 Å². The molecule has 0 aliphatic rings. The molecule has 0 saturated heterocycles. The standard InChI is InChI=1S/CH3NO5S/c3-1(4)8(6,7)2-5/h2,5H,(H,3,4). The third kappa shape index (κ3) is 1.45. The van der Waals surface area contributed by atoms with Crippen molar-refractivity contribution >= 4 is 15.3 Å². The third-order valence-electron chi connectivity index (χ3n) is 0.350. The Hall–Kier alpha value is -0.660. The van der Waals surface area contributed by atoms with Gasteiger partial charge in [-0.3, -0.25) is 0 Å². The topological polar surface area (TPSA) is 104 Å². The van der Waals surface area contributed by atoms with Gasteiger partial charge in [0.1, 0.15) is 0 Å². The molecule has 0 aliphatic heterocycles. The van der Waals surface area contributed by atoms with Gasteiger partial charge >= 0.3 is 15.3 Å². The lowest BCUT2D eigenvalue weighted by Crippen LogP contribution is -2.26. The van der Waals surface area contributed by atoms with Crippen molar-refractivity contribution in [3.05, 3.63) is 0 Å². The van der Waals surface area contributed by atoms with Gasteiger partial charge in [0, 0.05) is 0 Å². The molecule has 0 unspecified atom stereocenters. The Balaban J connectivity index is 4.42. The van der Waals surface area contributed by atoms with Gasteiger partial charge in [-0.15, -0.1) is 0 Å². The van der Waals surface area contributed by atoms with Crippen molar-refractivity contribution in [1.82, 2.24) is 4.89 Å². The van der Waals surface area contributed by atoms with E-state index in [1.807, 2.05) is 0 Å². The molecule has 0 aliphatic carbocycles. The average molecular weight is 141 g/mol. The van der Waals surface area contributed by atoms with Crippen LogP contribution in [-0.4, -0.2) is 24.0 Å². The van der Waals surface area contributed by atoms with Crippen LogP contribution in [0.3, 0.4) is 0 Å². The summed E-state index contributed by atoms with van der Waals surface area (Å²) in [6.07, 6.45) is 0. The van der Waals surface area contributed by atoms with Crippen molar-refractivity contribution in [3.8, 4) is 0 Å². The maximum Gasteiger partial charge on any atom is 0.439 e. The molecule has 0 rings (SSSR count). The zero-order valence-corrected chi connectivity index (χ0v) is 4.34. The van der Waals surface area contributed by atoms with Crippen LogP contribution in [0.1, 0.15) is 0 Å². The van der Waals surface area contributed by atoms with Gasteiger partial charge in [-0.2, -0.15) is 8.42 Å². The van der Waals surface area contributed by atoms with Gasteiger partial charge in [-0.05, 0) is 0 Å². The molecule has 0 amide bonds. The van der Waals surface area contributed by atoms with Crippen molar-refractivity contribution in [3.63, 3.8) is 0 Å². The summed E-state index contributed by atoms with van der Waals surface area (Å²) >= 11 is 0. The quantitative estimate of drug-likeness (QED) is 0.405. The summed E-state index contributed by atoms with van der Waals surface area (Å²) in [6.45, 7) is 0. The number of nitrogens with one attached hydrogen (secondary N) is 1. The van der Waals surface area contributed by atoms with Gasteiger partial charge in [0.15, 0.2) is 0 Å². The molecule has 0 aromatic carbocycles. The summed E-state index contributed by atoms with van der Waals surface area (Å²) in [5.41, 5.74) is 0. The first kappa shape index (κ1) is 7.34. The average Bonchev–Trinajstić information content (AvgIpc) is 1.67. The largest absolute Gasteiger partial charge is 0.469 e. The summed E-state index contributed by atoms with van der Waals surface area (Å²) in [5, 5.41) is 13.1. The zero-order chi connectivity index (χ0) is 6.78. The minimum absolute atomic E-state index is 0.613. The van der Waals surface area contributed by atoms with Crippen LogP contribution in [0.4, 0.5) is 4.79 Å². The minimum Gasteiger partial charge on any atom is -0.469 e. The zero-order valence-electron chi connectivity index (χ0n) is 3.53. The van der Waals surface area contributed by atoms with Gasteiger partial charge in [0.2, 0.25) is 0 Å². The van der Waals surface area contributed by atoms with Gasteiger partial charge in [0.25, 0.3) is 0 Å². The van der Waals surface area contributed by atoms with Crippen LogP contribution in [0, 0.1) is 0 Å². The van der Waals surface area contributed by atoms with Crippen LogP contribution in [-0.2, 0) is 10.0 Å². The van der Waals surface area contributed by atoms with Crippen LogP contribution >= 0.6 is 0 Å². The second kappa shape index (κ2) is 2.07. The molecule has 48 valence electrons. The molecule has 0 aromatic heterocycles. The first-order valence-corrected chi connectivity index (χ1v) is 2.88. The molecule has 6 nitrogen and oxygen atoms in total. The molecular weight excluding hydrogens is 138 g/mol. The van der Waals surface area contributed by atoms with Gasteiger partial charge in [-0.25, -0.2) is 4.79 Å². The maximum atomic E-state index is 9.74. The van der Waals surface area contributed by atoms with Crippen LogP contribution in [0.25, 0.3) is 0 Å². The molecule has 0 radical (unpaired) electrons. The number of sulfonamides is 1. The summed E-state index contributed by atoms with van der Waals surface area (Å²) in [6, 6.07) is 0. The predicted octanol–water partition coefficient (Wildman–Crippen LogP) is -1.03. The highest BCUT2D eigenvalue weighted by molar-refractivity contribution is 8.03. The second-order valence-electron chi connectivity index (χ2n) is 0.861. The molecule has 0 saturated carbocycles. The highest BCUT2D eigenvalue weighted by atomic mass is 32.2. The summed E-state index contributed by atoms with van der Waals surface area (Å²) < 4.78 is 19.5. The smallest absolute Gasteiger partial charge is 0.439 e. The fourth-order valence-corrected chi connectivity index (χ4v) is 0.117. The summed E-state index contributed by atoms with van der Waals surface area (Å²) in [5.74, 6) is 0. The van der Waals surface area contributed by atoms with E-state index in [1.54, 1.807) is 0 Å². The molecule has 7 heteroatoms. The molecule has 0 fully saturated rings. The molecule has 3 N–H and O–H groups in total. The summed E-state index contributed by atoms with van der Waals surface area (Å²) in [7, 11) is -4.51. The molecule has 0 atom stereocenters. The summed E-state index contributed by atoms with van der Waals surface area (Å²) in [4.78, 5) is 10.1. The molecule has 0 aromatic rings. The van der Waals surface area contributed by atoms with Crippen molar-refractivity contribution in [2.75, 3.05) is 0 Å². The van der Waals surface area contributed by atoms with Crippen LogP contribution in [0.5, 0.6) is 0 Å². The van der Waals surface area contributed by atoms with E-state index in [9.17, 15) is 13.2 Å². The van der Waals surface area contributed by atoms with Crippen LogP contribution < -0.4 is 4.89 Å². The van der Waals surface area contributed by atoms with E-state index >= 15 is 0 Å². The van der Waals surface area contributed by atoms with Crippen LogP contribution in [0.2, 0.25) is 0 Å². The first-order valence-electron chi connectivity index (χ1n) is 1.39. The highest BCUT2D eigenvalue weighted by Gasteiger charge is 2.17.